The molecule has 0 aliphatic heterocycles. The first-order chi connectivity index (χ1) is 8.63. The first-order valence-electron chi connectivity index (χ1n) is 7.06. The molecule has 0 saturated heterocycles. The lowest BCUT2D eigenvalue weighted by Crippen LogP contribution is -2.26. The summed E-state index contributed by atoms with van der Waals surface area (Å²) in [4.78, 5) is 0. The normalized spacial score (nSPS) is 23.8. The van der Waals surface area contributed by atoms with E-state index >= 15 is 0 Å². The van der Waals surface area contributed by atoms with E-state index < -0.39 is 0 Å². The van der Waals surface area contributed by atoms with Crippen LogP contribution in [0.4, 0.5) is 0 Å². The van der Waals surface area contributed by atoms with E-state index in [9.17, 15) is 5.11 Å². The predicted molar refractivity (Wildman–Crippen MR) is 74.5 cm³/mol. The monoisotopic (exact) mass is 250 g/mol. The highest BCUT2D eigenvalue weighted by Crippen LogP contribution is 2.30. The van der Waals surface area contributed by atoms with E-state index in [0.717, 1.165) is 13.1 Å². The number of hydrogen-bond donors (Lipinski definition) is 2. The van der Waals surface area contributed by atoms with Crippen LogP contribution < -0.4 is 5.32 Å². The molecule has 1 aromatic heterocycles. The zero-order valence-electron chi connectivity index (χ0n) is 11.9. The molecule has 2 atom stereocenters. The van der Waals surface area contributed by atoms with Gasteiger partial charge in [0.25, 0.3) is 0 Å². The third-order valence-corrected chi connectivity index (χ3v) is 4.65. The number of aliphatic hydroxyl groups is 1. The van der Waals surface area contributed by atoms with Crippen LogP contribution in [0.5, 0.6) is 0 Å². The Balaban J connectivity index is 1.83. The average molecular weight is 250 g/mol. The third-order valence-electron chi connectivity index (χ3n) is 4.65. The lowest BCUT2D eigenvalue weighted by molar-refractivity contribution is 0.192. The molecule has 102 valence electrons. The summed E-state index contributed by atoms with van der Waals surface area (Å²) in [6.45, 7) is 6.67. The van der Waals surface area contributed by atoms with Crippen LogP contribution in [0.25, 0.3) is 0 Å². The number of aliphatic hydroxyl groups excluding tert-OH is 1. The minimum atomic E-state index is 0.357. The van der Waals surface area contributed by atoms with Crippen molar-refractivity contribution in [2.45, 2.75) is 39.7 Å². The summed E-state index contributed by atoms with van der Waals surface area (Å²) in [5.74, 6) is 1.19. The minimum Gasteiger partial charge on any atom is -0.396 e. The van der Waals surface area contributed by atoms with E-state index in [-0.39, 0.29) is 0 Å². The molecule has 0 spiro atoms. The van der Waals surface area contributed by atoms with Crippen molar-refractivity contribution >= 4 is 0 Å². The molecule has 0 radical (unpaired) electrons. The molecule has 0 aromatic carbocycles. The number of hydrogen-bond acceptors (Lipinski definition) is 2. The molecule has 0 bridgehead atoms. The fourth-order valence-corrected chi connectivity index (χ4v) is 3.13. The van der Waals surface area contributed by atoms with Crippen LogP contribution in [0.1, 0.15) is 36.2 Å². The van der Waals surface area contributed by atoms with Crippen molar-refractivity contribution in [3.63, 3.8) is 0 Å². The zero-order chi connectivity index (χ0) is 13.1. The van der Waals surface area contributed by atoms with Crippen LogP contribution in [-0.4, -0.2) is 22.8 Å². The molecule has 18 heavy (non-hydrogen) atoms. The molecule has 2 rings (SSSR count). The van der Waals surface area contributed by atoms with Gasteiger partial charge < -0.3 is 15.0 Å². The highest BCUT2D eigenvalue weighted by atomic mass is 16.3. The molecule has 3 heteroatoms. The second kappa shape index (κ2) is 5.89. The summed E-state index contributed by atoms with van der Waals surface area (Å²) in [7, 11) is 2.12. The van der Waals surface area contributed by atoms with Crippen molar-refractivity contribution in [3.8, 4) is 0 Å². The van der Waals surface area contributed by atoms with Gasteiger partial charge >= 0.3 is 0 Å². The second-order valence-corrected chi connectivity index (χ2v) is 5.72. The molecule has 2 unspecified atom stereocenters. The summed E-state index contributed by atoms with van der Waals surface area (Å²) in [6, 6.07) is 2.26. The van der Waals surface area contributed by atoms with Crippen molar-refractivity contribution in [3.05, 3.63) is 23.0 Å². The van der Waals surface area contributed by atoms with E-state index in [1.807, 2.05) is 0 Å². The molecule has 0 amide bonds. The number of aryl methyl sites for hydroxylation is 1. The standard InChI is InChI=1S/C15H26N2O/c1-11-7-15(12(2)17(11)3)9-16-8-13-5-4-6-14(13)10-18/h7,13-14,16,18H,4-6,8-10H2,1-3H3. The predicted octanol–water partition coefficient (Wildman–Crippen LogP) is 2.14. The summed E-state index contributed by atoms with van der Waals surface area (Å²) in [6.07, 6.45) is 3.75. The average Bonchev–Trinajstić information content (AvgIpc) is 2.91. The van der Waals surface area contributed by atoms with E-state index in [1.54, 1.807) is 0 Å². The molecular formula is C15H26N2O. The van der Waals surface area contributed by atoms with Crippen LogP contribution in [0.2, 0.25) is 0 Å². The molecule has 1 aliphatic carbocycles. The Hall–Kier alpha value is -0.800. The Morgan fingerprint density at radius 2 is 2.06 bits per heavy atom. The lowest BCUT2D eigenvalue weighted by Gasteiger charge is -2.17. The first kappa shape index (κ1) is 13.6. The van der Waals surface area contributed by atoms with Gasteiger partial charge in [-0.25, -0.2) is 0 Å². The molecule has 1 aromatic rings. The van der Waals surface area contributed by atoms with E-state index in [0.29, 0.717) is 18.4 Å². The zero-order valence-corrected chi connectivity index (χ0v) is 11.9. The smallest absolute Gasteiger partial charge is 0.0462 e. The fraction of sp³-hybridized carbons (Fsp3) is 0.733. The van der Waals surface area contributed by atoms with Crippen LogP contribution in [0.3, 0.4) is 0 Å². The highest BCUT2D eigenvalue weighted by molar-refractivity contribution is 5.26. The molecule has 2 N–H and O–H groups in total. The van der Waals surface area contributed by atoms with Crippen LogP contribution in [-0.2, 0) is 13.6 Å². The van der Waals surface area contributed by atoms with Gasteiger partial charge in [-0.15, -0.1) is 0 Å². The van der Waals surface area contributed by atoms with Gasteiger partial charge in [-0.05, 0) is 56.7 Å². The van der Waals surface area contributed by atoms with Crippen LogP contribution in [0, 0.1) is 25.7 Å². The largest absolute Gasteiger partial charge is 0.396 e. The van der Waals surface area contributed by atoms with Crippen molar-refractivity contribution < 1.29 is 5.11 Å². The van der Waals surface area contributed by atoms with Gasteiger partial charge in [0.15, 0.2) is 0 Å². The first-order valence-corrected chi connectivity index (χ1v) is 7.06. The number of aromatic nitrogens is 1. The second-order valence-electron chi connectivity index (χ2n) is 5.72. The van der Waals surface area contributed by atoms with Gasteiger partial charge in [0.05, 0.1) is 0 Å². The number of rotatable bonds is 5. The van der Waals surface area contributed by atoms with Crippen molar-refractivity contribution in [1.82, 2.24) is 9.88 Å². The molecule has 1 aliphatic rings. The Kier molecular flexibility index (Phi) is 4.46. The molecule has 1 heterocycles. The third kappa shape index (κ3) is 2.78. The number of nitrogens with zero attached hydrogens (tertiary/aromatic N) is 1. The van der Waals surface area contributed by atoms with Crippen molar-refractivity contribution in [2.24, 2.45) is 18.9 Å². The van der Waals surface area contributed by atoms with Gasteiger partial charge in [0.2, 0.25) is 0 Å². The van der Waals surface area contributed by atoms with E-state index in [2.05, 4.69) is 36.8 Å². The highest BCUT2D eigenvalue weighted by Gasteiger charge is 2.25. The maximum absolute atomic E-state index is 9.31. The maximum atomic E-state index is 9.31. The summed E-state index contributed by atoms with van der Waals surface area (Å²) in [5.41, 5.74) is 4.07. The lowest BCUT2D eigenvalue weighted by atomic mass is 9.97. The topological polar surface area (TPSA) is 37.2 Å². The Morgan fingerprint density at radius 3 is 2.67 bits per heavy atom. The van der Waals surface area contributed by atoms with E-state index in [4.69, 9.17) is 0 Å². The van der Waals surface area contributed by atoms with Crippen LogP contribution >= 0.6 is 0 Å². The Morgan fingerprint density at radius 1 is 1.33 bits per heavy atom. The van der Waals surface area contributed by atoms with Crippen molar-refractivity contribution in [2.75, 3.05) is 13.2 Å². The summed E-state index contributed by atoms with van der Waals surface area (Å²) >= 11 is 0. The van der Waals surface area contributed by atoms with E-state index in [1.165, 1.54) is 36.2 Å². The van der Waals surface area contributed by atoms with Gasteiger partial charge in [-0.3, -0.25) is 0 Å². The quantitative estimate of drug-likeness (QED) is 0.840. The van der Waals surface area contributed by atoms with Gasteiger partial charge in [-0.1, -0.05) is 6.42 Å². The van der Waals surface area contributed by atoms with Crippen LogP contribution in [0.15, 0.2) is 6.07 Å². The Labute approximate surface area is 110 Å². The fourth-order valence-electron chi connectivity index (χ4n) is 3.13. The summed E-state index contributed by atoms with van der Waals surface area (Å²) in [5, 5.41) is 12.9. The Bertz CT molecular complexity index is 397. The molecule has 1 saturated carbocycles. The van der Waals surface area contributed by atoms with Crippen molar-refractivity contribution in [1.29, 1.82) is 0 Å². The molecular weight excluding hydrogens is 224 g/mol. The number of nitrogens with one attached hydrogen (secondary N) is 1. The minimum absolute atomic E-state index is 0.357. The van der Waals surface area contributed by atoms with Gasteiger partial charge in [-0.2, -0.15) is 0 Å². The molecule has 1 fully saturated rings. The summed E-state index contributed by atoms with van der Waals surface area (Å²) < 4.78 is 2.24. The molecule has 3 nitrogen and oxygen atoms in total. The van der Waals surface area contributed by atoms with Gasteiger partial charge in [0, 0.05) is 31.6 Å². The van der Waals surface area contributed by atoms with Gasteiger partial charge in [0.1, 0.15) is 0 Å². The maximum Gasteiger partial charge on any atom is 0.0462 e. The SMILES string of the molecule is Cc1cc(CNCC2CCCC2CO)c(C)n1C.